The number of hydrogen-bond acceptors (Lipinski definition) is 4. The van der Waals surface area contributed by atoms with Crippen LogP contribution in [0.5, 0.6) is 0 Å². The molecule has 0 N–H and O–H groups in total. The lowest BCUT2D eigenvalue weighted by atomic mass is 10.3. The molecule has 0 unspecified atom stereocenters. The third-order valence-electron chi connectivity index (χ3n) is 2.13. The van der Waals surface area contributed by atoms with E-state index >= 15 is 0 Å². The fraction of sp³-hybridized carbons (Fsp3) is 0.455. The predicted octanol–water partition coefficient (Wildman–Crippen LogP) is 3.36. The largest absolute Gasteiger partial charge is 0.364 e. The Labute approximate surface area is 94.1 Å². The number of thiazole rings is 1. The molecule has 0 fully saturated rings. The molecule has 2 aromatic heterocycles. The van der Waals surface area contributed by atoms with Crippen molar-refractivity contribution in [3.8, 4) is 0 Å². The van der Waals surface area contributed by atoms with Crippen LogP contribution in [0.1, 0.15) is 26.8 Å². The first-order valence-electron chi connectivity index (χ1n) is 4.79. The van der Waals surface area contributed by atoms with Crippen LogP contribution in [0.2, 0.25) is 0 Å². The van der Waals surface area contributed by atoms with Gasteiger partial charge in [-0.2, -0.15) is 0 Å². The van der Waals surface area contributed by atoms with Gasteiger partial charge in [0.1, 0.15) is 6.26 Å². The van der Waals surface area contributed by atoms with E-state index in [-0.39, 0.29) is 0 Å². The topological polar surface area (TPSA) is 38.9 Å². The summed E-state index contributed by atoms with van der Waals surface area (Å²) in [4.78, 5) is 5.56. The van der Waals surface area contributed by atoms with Gasteiger partial charge in [-0.3, -0.25) is 0 Å². The number of nitrogens with zero attached hydrogens (tertiary/aromatic N) is 2. The molecular formula is C11H16N2OS. The second-order valence-electron chi connectivity index (χ2n) is 3.46. The molecular weight excluding hydrogens is 208 g/mol. The van der Waals surface area contributed by atoms with Crippen LogP contribution in [0.3, 0.4) is 0 Å². The summed E-state index contributed by atoms with van der Waals surface area (Å²) in [7, 11) is 0. The van der Waals surface area contributed by atoms with E-state index in [4.69, 9.17) is 0 Å². The van der Waals surface area contributed by atoms with Gasteiger partial charge in [0, 0.05) is 10.4 Å². The predicted molar refractivity (Wildman–Crippen MR) is 62.3 cm³/mol. The summed E-state index contributed by atoms with van der Waals surface area (Å²) in [6, 6.07) is 0. The van der Waals surface area contributed by atoms with Crippen LogP contribution in [0.4, 0.5) is 0 Å². The van der Waals surface area contributed by atoms with Gasteiger partial charge in [0.2, 0.25) is 0 Å². The Morgan fingerprint density at radius 2 is 1.73 bits per heavy atom. The monoisotopic (exact) mass is 224 g/mol. The Morgan fingerprint density at radius 1 is 1.07 bits per heavy atom. The van der Waals surface area contributed by atoms with Crippen molar-refractivity contribution in [1.82, 2.24) is 10.1 Å². The van der Waals surface area contributed by atoms with Crippen molar-refractivity contribution in [2.45, 2.75) is 34.6 Å². The van der Waals surface area contributed by atoms with E-state index in [9.17, 15) is 0 Å². The fourth-order valence-corrected chi connectivity index (χ4v) is 1.79. The summed E-state index contributed by atoms with van der Waals surface area (Å²) in [6.07, 6.45) is 1.63. The Hall–Kier alpha value is -1.16. The van der Waals surface area contributed by atoms with Gasteiger partial charge >= 0.3 is 0 Å². The Bertz CT molecular complexity index is 395. The first kappa shape index (κ1) is 11.9. The summed E-state index contributed by atoms with van der Waals surface area (Å²) < 4.78 is 4.59. The molecule has 4 heteroatoms. The van der Waals surface area contributed by atoms with Gasteiger partial charge in [-0.25, -0.2) is 4.98 Å². The second-order valence-corrected chi connectivity index (χ2v) is 4.86. The summed E-state index contributed by atoms with van der Waals surface area (Å²) in [6.45, 7) is 10.0. The minimum atomic E-state index is 0.972. The van der Waals surface area contributed by atoms with Crippen LogP contribution in [-0.2, 0) is 0 Å². The van der Waals surface area contributed by atoms with Crippen LogP contribution in [0.15, 0.2) is 10.8 Å². The molecule has 2 rings (SSSR count). The van der Waals surface area contributed by atoms with Gasteiger partial charge in [0.05, 0.1) is 16.4 Å². The van der Waals surface area contributed by atoms with Crippen molar-refractivity contribution in [2.75, 3.05) is 0 Å². The molecule has 0 bridgehead atoms. The lowest BCUT2D eigenvalue weighted by Crippen LogP contribution is -1.71. The highest BCUT2D eigenvalue weighted by Gasteiger charge is 1.95. The minimum absolute atomic E-state index is 0.972. The zero-order valence-electron chi connectivity index (χ0n) is 9.79. The SMILES string of the molecule is Cc1conc1C.Cc1nc(C)c(C)s1. The van der Waals surface area contributed by atoms with Crippen molar-refractivity contribution >= 4 is 11.3 Å². The third-order valence-corrected chi connectivity index (χ3v) is 3.11. The molecule has 0 saturated heterocycles. The molecule has 82 valence electrons. The normalized spacial score (nSPS) is 9.67. The van der Waals surface area contributed by atoms with Crippen molar-refractivity contribution in [1.29, 1.82) is 0 Å². The van der Waals surface area contributed by atoms with Crippen LogP contribution >= 0.6 is 11.3 Å². The maximum absolute atomic E-state index is 4.59. The lowest BCUT2D eigenvalue weighted by molar-refractivity contribution is 0.414. The van der Waals surface area contributed by atoms with E-state index in [0.717, 1.165) is 11.3 Å². The summed E-state index contributed by atoms with van der Waals surface area (Å²) in [5, 5.41) is 4.81. The summed E-state index contributed by atoms with van der Waals surface area (Å²) in [5.74, 6) is 0. The molecule has 15 heavy (non-hydrogen) atoms. The quantitative estimate of drug-likeness (QED) is 0.688. The third kappa shape index (κ3) is 3.47. The fourth-order valence-electron chi connectivity index (χ4n) is 0.975. The molecule has 3 nitrogen and oxygen atoms in total. The summed E-state index contributed by atoms with van der Waals surface area (Å²) >= 11 is 1.76. The maximum atomic E-state index is 4.59. The highest BCUT2D eigenvalue weighted by Crippen LogP contribution is 2.14. The molecule has 0 spiro atoms. The molecule has 0 amide bonds. The van der Waals surface area contributed by atoms with Crippen LogP contribution < -0.4 is 0 Å². The van der Waals surface area contributed by atoms with E-state index in [1.54, 1.807) is 17.6 Å². The van der Waals surface area contributed by atoms with Gasteiger partial charge in [-0.1, -0.05) is 5.16 Å². The number of aromatic nitrogens is 2. The number of aryl methyl sites for hydroxylation is 5. The maximum Gasteiger partial charge on any atom is 0.126 e. The lowest BCUT2D eigenvalue weighted by Gasteiger charge is -1.77. The zero-order valence-corrected chi connectivity index (χ0v) is 10.6. The standard InChI is InChI=1S/C6H9NS.C5H7NO/c1-4-5(2)8-6(3)7-4;1-4-3-7-6-5(4)2/h1-3H3;3H,1-2H3. The molecule has 2 heterocycles. The Kier molecular flexibility index (Phi) is 4.03. The molecule has 0 aromatic carbocycles. The summed E-state index contributed by atoms with van der Waals surface area (Å²) in [5.41, 5.74) is 3.26. The Morgan fingerprint density at radius 3 is 1.87 bits per heavy atom. The first-order chi connectivity index (χ1) is 7.00. The van der Waals surface area contributed by atoms with Crippen LogP contribution in [-0.4, -0.2) is 10.1 Å². The van der Waals surface area contributed by atoms with Gasteiger partial charge in [-0.05, 0) is 34.6 Å². The van der Waals surface area contributed by atoms with E-state index in [1.807, 2.05) is 27.7 Å². The van der Waals surface area contributed by atoms with Crippen LogP contribution in [0, 0.1) is 34.6 Å². The number of hydrogen-bond donors (Lipinski definition) is 0. The zero-order chi connectivity index (χ0) is 11.4. The van der Waals surface area contributed by atoms with E-state index in [2.05, 4.69) is 21.6 Å². The first-order valence-corrected chi connectivity index (χ1v) is 5.60. The van der Waals surface area contributed by atoms with Gasteiger partial charge in [0.25, 0.3) is 0 Å². The van der Waals surface area contributed by atoms with Crippen molar-refractivity contribution in [3.63, 3.8) is 0 Å². The average Bonchev–Trinajstić information content (AvgIpc) is 2.63. The smallest absolute Gasteiger partial charge is 0.126 e. The van der Waals surface area contributed by atoms with Crippen LogP contribution in [0.25, 0.3) is 0 Å². The van der Waals surface area contributed by atoms with Gasteiger partial charge in [-0.15, -0.1) is 11.3 Å². The molecule has 0 aliphatic rings. The molecule has 0 saturated carbocycles. The Balaban J connectivity index is 0.000000151. The van der Waals surface area contributed by atoms with Crippen molar-refractivity contribution < 1.29 is 4.52 Å². The molecule has 0 aliphatic carbocycles. The molecule has 0 atom stereocenters. The van der Waals surface area contributed by atoms with E-state index < -0.39 is 0 Å². The molecule has 0 radical (unpaired) electrons. The number of rotatable bonds is 0. The molecule has 2 aromatic rings. The average molecular weight is 224 g/mol. The highest BCUT2D eigenvalue weighted by molar-refractivity contribution is 7.11. The van der Waals surface area contributed by atoms with E-state index in [1.165, 1.54) is 15.6 Å². The molecule has 0 aliphatic heterocycles. The van der Waals surface area contributed by atoms with Gasteiger partial charge < -0.3 is 4.52 Å². The van der Waals surface area contributed by atoms with Crippen molar-refractivity contribution in [3.05, 3.63) is 33.1 Å². The second kappa shape index (κ2) is 5.07. The van der Waals surface area contributed by atoms with Crippen molar-refractivity contribution in [2.24, 2.45) is 0 Å². The minimum Gasteiger partial charge on any atom is -0.364 e. The highest BCUT2D eigenvalue weighted by atomic mass is 32.1. The van der Waals surface area contributed by atoms with E-state index in [0.29, 0.717) is 0 Å². The van der Waals surface area contributed by atoms with Gasteiger partial charge in [0.15, 0.2) is 0 Å².